The number of hydrogen-bond donors (Lipinski definition) is 1. The second-order valence-electron chi connectivity index (χ2n) is 7.04. The van der Waals surface area contributed by atoms with Gasteiger partial charge in [0.05, 0.1) is 5.75 Å². The van der Waals surface area contributed by atoms with Crippen LogP contribution in [0.2, 0.25) is 0 Å². The third kappa shape index (κ3) is 6.13. The van der Waals surface area contributed by atoms with Crippen molar-refractivity contribution >= 4 is 9.84 Å². The summed E-state index contributed by atoms with van der Waals surface area (Å²) in [5.74, 6) is 1.35. The van der Waals surface area contributed by atoms with Gasteiger partial charge in [-0.25, -0.2) is 8.42 Å². The van der Waals surface area contributed by atoms with E-state index in [1.807, 2.05) is 0 Å². The maximum atomic E-state index is 11.6. The average molecular weight is 304 g/mol. The van der Waals surface area contributed by atoms with Crippen LogP contribution in [0.5, 0.6) is 0 Å². The summed E-state index contributed by atoms with van der Waals surface area (Å²) in [6, 6.07) is 0.503. The van der Waals surface area contributed by atoms with Crippen molar-refractivity contribution in [2.75, 3.05) is 18.1 Å². The normalized spacial score (nSPS) is 21.8. The van der Waals surface area contributed by atoms with Crippen LogP contribution in [0.4, 0.5) is 0 Å². The summed E-state index contributed by atoms with van der Waals surface area (Å²) in [5, 5.41) is 3.59. The zero-order valence-electron chi connectivity index (χ0n) is 13.7. The standard InChI is InChI=1S/C16H33NO2S/c1-5-17-15(8-7-13-20(18,19)6-2)14-9-11-16(3,4)12-10-14/h14-15,17H,5-13H2,1-4H3. The van der Waals surface area contributed by atoms with Gasteiger partial charge in [-0.15, -0.1) is 0 Å². The van der Waals surface area contributed by atoms with E-state index in [0.717, 1.165) is 25.3 Å². The van der Waals surface area contributed by atoms with Gasteiger partial charge in [0.2, 0.25) is 0 Å². The zero-order valence-corrected chi connectivity index (χ0v) is 14.6. The van der Waals surface area contributed by atoms with Crippen molar-refractivity contribution in [1.82, 2.24) is 5.32 Å². The molecule has 0 amide bonds. The Labute approximate surface area is 125 Å². The van der Waals surface area contributed by atoms with Crippen molar-refractivity contribution in [1.29, 1.82) is 0 Å². The highest BCUT2D eigenvalue weighted by Gasteiger charge is 2.30. The first-order valence-electron chi connectivity index (χ1n) is 8.23. The summed E-state index contributed by atoms with van der Waals surface area (Å²) in [7, 11) is -2.81. The van der Waals surface area contributed by atoms with E-state index in [-0.39, 0.29) is 5.75 Å². The molecule has 1 saturated carbocycles. The summed E-state index contributed by atoms with van der Waals surface area (Å²) in [6.07, 6.45) is 6.96. The van der Waals surface area contributed by atoms with Gasteiger partial charge in [-0.05, 0) is 56.4 Å². The lowest BCUT2D eigenvalue weighted by molar-refractivity contribution is 0.158. The summed E-state index contributed by atoms with van der Waals surface area (Å²) in [5.41, 5.74) is 0.499. The van der Waals surface area contributed by atoms with Gasteiger partial charge in [-0.2, -0.15) is 0 Å². The minimum absolute atomic E-state index is 0.274. The Balaban J connectivity index is 2.45. The van der Waals surface area contributed by atoms with Crippen molar-refractivity contribution < 1.29 is 8.42 Å². The van der Waals surface area contributed by atoms with E-state index in [9.17, 15) is 8.42 Å². The lowest BCUT2D eigenvalue weighted by atomic mass is 9.70. The molecular formula is C16H33NO2S. The Bertz CT molecular complexity index is 366. The van der Waals surface area contributed by atoms with Crippen LogP contribution >= 0.6 is 0 Å². The van der Waals surface area contributed by atoms with Crippen molar-refractivity contribution in [3.8, 4) is 0 Å². The second-order valence-corrected chi connectivity index (χ2v) is 9.52. The second kappa shape index (κ2) is 7.79. The lowest BCUT2D eigenvalue weighted by Gasteiger charge is -2.38. The van der Waals surface area contributed by atoms with Gasteiger partial charge in [0.1, 0.15) is 9.84 Å². The number of nitrogens with one attached hydrogen (secondary N) is 1. The number of hydrogen-bond acceptors (Lipinski definition) is 3. The Morgan fingerprint density at radius 2 is 1.80 bits per heavy atom. The molecule has 0 spiro atoms. The van der Waals surface area contributed by atoms with E-state index in [1.54, 1.807) is 6.92 Å². The van der Waals surface area contributed by atoms with Crippen LogP contribution in [0.25, 0.3) is 0 Å². The highest BCUT2D eigenvalue weighted by Crippen LogP contribution is 2.39. The molecule has 1 unspecified atom stereocenters. The third-order valence-corrected chi connectivity index (χ3v) is 6.62. The van der Waals surface area contributed by atoms with Gasteiger partial charge in [0.15, 0.2) is 0 Å². The van der Waals surface area contributed by atoms with Crippen molar-refractivity contribution in [2.45, 2.75) is 72.3 Å². The molecular weight excluding hydrogens is 270 g/mol. The molecule has 1 aliphatic carbocycles. The van der Waals surface area contributed by atoms with Crippen molar-refractivity contribution in [3.05, 3.63) is 0 Å². The van der Waals surface area contributed by atoms with Crippen LogP contribution in [-0.2, 0) is 9.84 Å². The predicted octanol–water partition coefficient (Wildman–Crippen LogP) is 3.40. The predicted molar refractivity (Wildman–Crippen MR) is 86.8 cm³/mol. The first-order chi connectivity index (χ1) is 9.29. The van der Waals surface area contributed by atoms with Crippen LogP contribution in [0.3, 0.4) is 0 Å². The van der Waals surface area contributed by atoms with E-state index in [2.05, 4.69) is 26.1 Å². The van der Waals surface area contributed by atoms with E-state index >= 15 is 0 Å². The van der Waals surface area contributed by atoms with Gasteiger partial charge >= 0.3 is 0 Å². The molecule has 1 aliphatic rings. The van der Waals surface area contributed by atoms with E-state index in [4.69, 9.17) is 0 Å². The minimum atomic E-state index is -2.81. The summed E-state index contributed by atoms with van der Waals surface area (Å²) in [6.45, 7) is 9.58. The van der Waals surface area contributed by atoms with E-state index < -0.39 is 9.84 Å². The van der Waals surface area contributed by atoms with Crippen LogP contribution in [-0.4, -0.2) is 32.5 Å². The first-order valence-corrected chi connectivity index (χ1v) is 10.1. The highest BCUT2D eigenvalue weighted by molar-refractivity contribution is 7.91. The molecule has 0 heterocycles. The molecule has 1 rings (SSSR count). The Hall–Kier alpha value is -0.0900. The average Bonchev–Trinajstić information content (AvgIpc) is 2.38. The Kier molecular flexibility index (Phi) is 6.99. The SMILES string of the molecule is CCNC(CCCS(=O)(=O)CC)C1CCC(C)(C)CC1. The highest BCUT2D eigenvalue weighted by atomic mass is 32.2. The van der Waals surface area contributed by atoms with Gasteiger partial charge in [-0.1, -0.05) is 27.7 Å². The van der Waals surface area contributed by atoms with Gasteiger partial charge in [0, 0.05) is 11.8 Å². The van der Waals surface area contributed by atoms with E-state index in [0.29, 0.717) is 17.2 Å². The fourth-order valence-electron chi connectivity index (χ4n) is 3.26. The maximum absolute atomic E-state index is 11.6. The molecule has 120 valence electrons. The van der Waals surface area contributed by atoms with Crippen LogP contribution in [0, 0.1) is 11.3 Å². The molecule has 3 nitrogen and oxygen atoms in total. The van der Waals surface area contributed by atoms with Crippen LogP contribution in [0.1, 0.15) is 66.2 Å². The quantitative estimate of drug-likeness (QED) is 0.747. The zero-order chi connectivity index (χ0) is 15.2. The van der Waals surface area contributed by atoms with Gasteiger partial charge < -0.3 is 5.32 Å². The first kappa shape index (κ1) is 18.0. The topological polar surface area (TPSA) is 46.2 Å². The monoisotopic (exact) mass is 303 g/mol. The molecule has 1 fully saturated rings. The van der Waals surface area contributed by atoms with Crippen molar-refractivity contribution in [3.63, 3.8) is 0 Å². The van der Waals surface area contributed by atoms with Gasteiger partial charge in [0.25, 0.3) is 0 Å². The summed E-state index contributed by atoms with van der Waals surface area (Å²) in [4.78, 5) is 0. The fourth-order valence-corrected chi connectivity index (χ4v) is 4.15. The fraction of sp³-hybridized carbons (Fsp3) is 1.00. The van der Waals surface area contributed by atoms with Crippen molar-refractivity contribution in [2.24, 2.45) is 11.3 Å². The molecule has 0 aromatic carbocycles. The van der Waals surface area contributed by atoms with Crippen LogP contribution < -0.4 is 5.32 Å². The molecule has 0 saturated heterocycles. The molecule has 0 aromatic heterocycles. The summed E-state index contributed by atoms with van der Waals surface area (Å²) >= 11 is 0. The van der Waals surface area contributed by atoms with Crippen LogP contribution in [0.15, 0.2) is 0 Å². The molecule has 0 bridgehead atoms. The molecule has 0 radical (unpaired) electrons. The summed E-state index contributed by atoms with van der Waals surface area (Å²) < 4.78 is 23.2. The largest absolute Gasteiger partial charge is 0.314 e. The molecule has 0 aliphatic heterocycles. The number of rotatable bonds is 8. The van der Waals surface area contributed by atoms with Gasteiger partial charge in [-0.3, -0.25) is 0 Å². The Morgan fingerprint density at radius 1 is 1.20 bits per heavy atom. The molecule has 0 aromatic rings. The smallest absolute Gasteiger partial charge is 0.150 e. The van der Waals surface area contributed by atoms with E-state index in [1.165, 1.54) is 25.7 Å². The molecule has 20 heavy (non-hydrogen) atoms. The Morgan fingerprint density at radius 3 is 2.30 bits per heavy atom. The third-order valence-electron chi connectivity index (χ3n) is 4.83. The minimum Gasteiger partial charge on any atom is -0.314 e. The molecule has 4 heteroatoms. The maximum Gasteiger partial charge on any atom is 0.150 e. The molecule has 1 N–H and O–H groups in total. The molecule has 1 atom stereocenters. The number of sulfone groups is 1. The lowest BCUT2D eigenvalue weighted by Crippen LogP contribution is -2.39.